The lowest BCUT2D eigenvalue weighted by atomic mass is 9.99. The SMILES string of the molecule is CC(C)Cc1ccc(O)c(CO)c1OCc1ccccc1. The van der Waals surface area contributed by atoms with E-state index >= 15 is 0 Å². The van der Waals surface area contributed by atoms with Crippen molar-refractivity contribution in [3.63, 3.8) is 0 Å². The number of ether oxygens (including phenoxy) is 1. The van der Waals surface area contributed by atoms with Gasteiger partial charge >= 0.3 is 0 Å². The molecule has 0 heterocycles. The molecule has 3 nitrogen and oxygen atoms in total. The van der Waals surface area contributed by atoms with Gasteiger partial charge in [0.15, 0.2) is 0 Å². The van der Waals surface area contributed by atoms with Crippen LogP contribution in [0.5, 0.6) is 11.5 Å². The highest BCUT2D eigenvalue weighted by atomic mass is 16.5. The number of hydrogen-bond donors (Lipinski definition) is 2. The minimum Gasteiger partial charge on any atom is -0.507 e. The Morgan fingerprint density at radius 3 is 2.38 bits per heavy atom. The molecule has 21 heavy (non-hydrogen) atoms. The maximum absolute atomic E-state index is 9.91. The van der Waals surface area contributed by atoms with E-state index < -0.39 is 0 Å². The van der Waals surface area contributed by atoms with Crippen molar-refractivity contribution in [1.82, 2.24) is 0 Å². The van der Waals surface area contributed by atoms with Crippen LogP contribution in [0.1, 0.15) is 30.5 Å². The van der Waals surface area contributed by atoms with Gasteiger partial charge < -0.3 is 14.9 Å². The van der Waals surface area contributed by atoms with E-state index in [9.17, 15) is 10.2 Å². The summed E-state index contributed by atoms with van der Waals surface area (Å²) >= 11 is 0. The zero-order chi connectivity index (χ0) is 15.2. The van der Waals surface area contributed by atoms with Gasteiger partial charge in [-0.3, -0.25) is 0 Å². The van der Waals surface area contributed by atoms with Gasteiger partial charge in [0, 0.05) is 0 Å². The average Bonchev–Trinajstić information content (AvgIpc) is 2.48. The summed E-state index contributed by atoms with van der Waals surface area (Å²) in [6.45, 7) is 4.45. The van der Waals surface area contributed by atoms with Crippen LogP contribution in [0.3, 0.4) is 0 Å². The summed E-state index contributed by atoms with van der Waals surface area (Å²) in [5.74, 6) is 1.16. The van der Waals surface area contributed by atoms with E-state index in [0.717, 1.165) is 17.5 Å². The van der Waals surface area contributed by atoms with Crippen LogP contribution < -0.4 is 4.74 Å². The van der Waals surface area contributed by atoms with Gasteiger partial charge in [0.25, 0.3) is 0 Å². The number of benzene rings is 2. The third-order valence-corrected chi connectivity index (χ3v) is 3.33. The summed E-state index contributed by atoms with van der Waals surface area (Å²) in [4.78, 5) is 0. The first-order valence-corrected chi connectivity index (χ1v) is 7.23. The van der Waals surface area contributed by atoms with E-state index in [0.29, 0.717) is 23.8 Å². The molecule has 0 saturated heterocycles. The Kier molecular flexibility index (Phi) is 5.23. The Bertz CT molecular complexity index is 577. The first kappa shape index (κ1) is 15.4. The van der Waals surface area contributed by atoms with Crippen molar-refractivity contribution in [2.75, 3.05) is 0 Å². The van der Waals surface area contributed by atoms with Crippen LogP contribution in [0.2, 0.25) is 0 Å². The summed E-state index contributed by atoms with van der Waals surface area (Å²) in [5.41, 5.74) is 2.53. The molecule has 0 aliphatic carbocycles. The quantitative estimate of drug-likeness (QED) is 0.852. The van der Waals surface area contributed by atoms with E-state index in [-0.39, 0.29) is 12.4 Å². The fraction of sp³-hybridized carbons (Fsp3) is 0.333. The van der Waals surface area contributed by atoms with E-state index in [1.807, 2.05) is 36.4 Å². The molecule has 0 fully saturated rings. The van der Waals surface area contributed by atoms with Gasteiger partial charge in [-0.1, -0.05) is 50.2 Å². The van der Waals surface area contributed by atoms with Crippen LogP contribution >= 0.6 is 0 Å². The topological polar surface area (TPSA) is 49.7 Å². The van der Waals surface area contributed by atoms with Crippen molar-refractivity contribution in [2.24, 2.45) is 5.92 Å². The Morgan fingerprint density at radius 2 is 1.76 bits per heavy atom. The van der Waals surface area contributed by atoms with Crippen LogP contribution in [0.25, 0.3) is 0 Å². The monoisotopic (exact) mass is 286 g/mol. The standard InChI is InChI=1S/C18H22O3/c1-13(2)10-15-8-9-17(20)16(11-19)18(15)21-12-14-6-4-3-5-7-14/h3-9,13,19-20H,10-12H2,1-2H3. The third-order valence-electron chi connectivity index (χ3n) is 3.33. The number of phenols is 1. The number of aromatic hydroxyl groups is 1. The minimum atomic E-state index is -0.234. The van der Waals surface area contributed by atoms with E-state index in [4.69, 9.17) is 4.74 Å². The largest absolute Gasteiger partial charge is 0.507 e. The summed E-state index contributed by atoms with van der Waals surface area (Å²) < 4.78 is 5.91. The molecule has 0 amide bonds. The molecule has 0 aliphatic heterocycles. The summed E-state index contributed by atoms with van der Waals surface area (Å²) in [6.07, 6.45) is 0.845. The predicted octanol–water partition coefficient (Wildman–Crippen LogP) is 3.66. The second-order valence-corrected chi connectivity index (χ2v) is 5.58. The second kappa shape index (κ2) is 7.14. The lowest BCUT2D eigenvalue weighted by Crippen LogP contribution is -2.05. The number of aliphatic hydroxyl groups is 1. The molecular weight excluding hydrogens is 264 g/mol. The number of aliphatic hydroxyl groups excluding tert-OH is 1. The van der Waals surface area contributed by atoms with Crippen LogP contribution in [-0.4, -0.2) is 10.2 Å². The first-order chi connectivity index (χ1) is 10.1. The van der Waals surface area contributed by atoms with Crippen LogP contribution in [-0.2, 0) is 19.6 Å². The van der Waals surface area contributed by atoms with Gasteiger partial charge in [0.2, 0.25) is 0 Å². The van der Waals surface area contributed by atoms with Crippen molar-refractivity contribution in [1.29, 1.82) is 0 Å². The lowest BCUT2D eigenvalue weighted by molar-refractivity contribution is 0.251. The maximum atomic E-state index is 9.91. The average molecular weight is 286 g/mol. The Morgan fingerprint density at radius 1 is 1.05 bits per heavy atom. The highest BCUT2D eigenvalue weighted by Gasteiger charge is 2.15. The molecule has 0 bridgehead atoms. The minimum absolute atomic E-state index is 0.0769. The molecule has 2 aromatic carbocycles. The van der Waals surface area contributed by atoms with Crippen molar-refractivity contribution in [2.45, 2.75) is 33.5 Å². The molecule has 0 radical (unpaired) electrons. The van der Waals surface area contributed by atoms with Gasteiger partial charge in [0.05, 0.1) is 12.2 Å². The normalized spacial score (nSPS) is 10.9. The Balaban J connectivity index is 2.28. The number of rotatable bonds is 6. The lowest BCUT2D eigenvalue weighted by Gasteiger charge is -2.17. The molecule has 2 rings (SSSR count). The van der Waals surface area contributed by atoms with Gasteiger partial charge in [0.1, 0.15) is 18.1 Å². The highest BCUT2D eigenvalue weighted by Crippen LogP contribution is 2.33. The molecular formula is C18H22O3. The molecule has 2 aromatic rings. The zero-order valence-electron chi connectivity index (χ0n) is 12.5. The zero-order valence-corrected chi connectivity index (χ0v) is 12.5. The molecule has 2 N–H and O–H groups in total. The van der Waals surface area contributed by atoms with E-state index in [2.05, 4.69) is 13.8 Å². The van der Waals surface area contributed by atoms with Gasteiger partial charge in [-0.05, 0) is 29.5 Å². The van der Waals surface area contributed by atoms with Gasteiger partial charge in [-0.15, -0.1) is 0 Å². The summed E-state index contributed by atoms with van der Waals surface area (Å²) in [5, 5.41) is 19.4. The molecule has 112 valence electrons. The Labute approximate surface area is 125 Å². The van der Waals surface area contributed by atoms with Crippen molar-refractivity contribution in [3.8, 4) is 11.5 Å². The van der Waals surface area contributed by atoms with Gasteiger partial charge in [-0.2, -0.15) is 0 Å². The van der Waals surface area contributed by atoms with Gasteiger partial charge in [-0.25, -0.2) is 0 Å². The fourth-order valence-corrected chi connectivity index (χ4v) is 2.33. The highest BCUT2D eigenvalue weighted by molar-refractivity contribution is 5.49. The van der Waals surface area contributed by atoms with Crippen molar-refractivity contribution >= 4 is 0 Å². The second-order valence-electron chi connectivity index (χ2n) is 5.58. The molecule has 0 unspecified atom stereocenters. The van der Waals surface area contributed by atoms with Crippen LogP contribution in [0.4, 0.5) is 0 Å². The molecule has 0 saturated carbocycles. The van der Waals surface area contributed by atoms with Crippen LogP contribution in [0, 0.1) is 5.92 Å². The molecule has 0 atom stereocenters. The van der Waals surface area contributed by atoms with Crippen LogP contribution in [0.15, 0.2) is 42.5 Å². The summed E-state index contributed by atoms with van der Waals surface area (Å²) in [7, 11) is 0. The molecule has 0 spiro atoms. The Hall–Kier alpha value is -2.00. The molecule has 3 heteroatoms. The fourth-order valence-electron chi connectivity index (χ4n) is 2.33. The molecule has 0 aliphatic rings. The number of hydrogen-bond acceptors (Lipinski definition) is 3. The van der Waals surface area contributed by atoms with E-state index in [1.54, 1.807) is 6.07 Å². The third kappa shape index (κ3) is 3.99. The van der Waals surface area contributed by atoms with Crippen molar-refractivity contribution < 1.29 is 14.9 Å². The first-order valence-electron chi connectivity index (χ1n) is 7.23. The summed E-state index contributed by atoms with van der Waals surface area (Å²) in [6, 6.07) is 13.4. The van der Waals surface area contributed by atoms with Crippen molar-refractivity contribution in [3.05, 3.63) is 59.2 Å². The maximum Gasteiger partial charge on any atom is 0.132 e. The van der Waals surface area contributed by atoms with E-state index in [1.165, 1.54) is 0 Å². The molecule has 0 aromatic heterocycles. The smallest absolute Gasteiger partial charge is 0.132 e. The predicted molar refractivity (Wildman–Crippen MR) is 83.3 cm³/mol.